The Kier molecular flexibility index (Phi) is 7.57. The van der Waals surface area contributed by atoms with E-state index in [0.717, 1.165) is 5.56 Å². The molecule has 0 heterocycles. The van der Waals surface area contributed by atoms with Gasteiger partial charge in [-0.25, -0.2) is 4.39 Å². The van der Waals surface area contributed by atoms with Crippen LogP contribution in [0.5, 0.6) is 0 Å². The first-order valence-electron chi connectivity index (χ1n) is 9.02. The Bertz CT molecular complexity index is 1140. The SMILES string of the molecule is O=C(Cc1ccc(Cl)cc1)NC(=S)Nc1cccc(C(=O)Nc2ccc(F)c(Cl)c2)c1. The number of hydrogen-bond acceptors (Lipinski definition) is 3. The van der Waals surface area contributed by atoms with Crippen molar-refractivity contribution in [2.24, 2.45) is 0 Å². The van der Waals surface area contributed by atoms with E-state index in [-0.39, 0.29) is 22.5 Å². The molecule has 0 saturated carbocycles. The maximum Gasteiger partial charge on any atom is 0.255 e. The quantitative estimate of drug-likeness (QED) is 0.429. The lowest BCUT2D eigenvalue weighted by atomic mass is 10.1. The van der Waals surface area contributed by atoms with Crippen LogP contribution in [0.15, 0.2) is 66.7 Å². The van der Waals surface area contributed by atoms with Gasteiger partial charge >= 0.3 is 0 Å². The summed E-state index contributed by atoms with van der Waals surface area (Å²) in [5.74, 6) is -1.27. The molecule has 3 N–H and O–H groups in total. The number of hydrogen-bond donors (Lipinski definition) is 3. The number of carbonyl (C=O) groups excluding carboxylic acids is 2. The number of thiocarbonyl (C=S) groups is 1. The van der Waals surface area contributed by atoms with Gasteiger partial charge in [-0.2, -0.15) is 0 Å². The van der Waals surface area contributed by atoms with Gasteiger partial charge < -0.3 is 16.0 Å². The molecule has 31 heavy (non-hydrogen) atoms. The largest absolute Gasteiger partial charge is 0.332 e. The second-order valence-corrected chi connectivity index (χ2v) is 7.72. The second kappa shape index (κ2) is 10.3. The van der Waals surface area contributed by atoms with E-state index in [9.17, 15) is 14.0 Å². The second-order valence-electron chi connectivity index (χ2n) is 6.47. The van der Waals surface area contributed by atoms with Gasteiger partial charge in [-0.05, 0) is 66.3 Å². The summed E-state index contributed by atoms with van der Waals surface area (Å²) in [6, 6.07) is 17.4. The lowest BCUT2D eigenvalue weighted by Crippen LogP contribution is -2.35. The van der Waals surface area contributed by atoms with Gasteiger partial charge in [-0.15, -0.1) is 0 Å². The Labute approximate surface area is 193 Å². The normalized spacial score (nSPS) is 10.3. The maximum atomic E-state index is 13.3. The number of nitrogens with one attached hydrogen (secondary N) is 3. The highest BCUT2D eigenvalue weighted by atomic mass is 35.5. The van der Waals surface area contributed by atoms with Crippen molar-refractivity contribution in [3.63, 3.8) is 0 Å². The van der Waals surface area contributed by atoms with Crippen LogP contribution < -0.4 is 16.0 Å². The van der Waals surface area contributed by atoms with Crippen molar-refractivity contribution >= 4 is 63.7 Å². The fourth-order valence-electron chi connectivity index (χ4n) is 2.64. The molecular formula is C22H16Cl2FN3O2S. The van der Waals surface area contributed by atoms with Crippen LogP contribution in [0.1, 0.15) is 15.9 Å². The minimum Gasteiger partial charge on any atom is -0.332 e. The van der Waals surface area contributed by atoms with E-state index < -0.39 is 11.7 Å². The van der Waals surface area contributed by atoms with Crippen molar-refractivity contribution in [1.82, 2.24) is 5.32 Å². The van der Waals surface area contributed by atoms with Crippen molar-refractivity contribution in [2.75, 3.05) is 10.6 Å². The first-order valence-corrected chi connectivity index (χ1v) is 10.2. The third kappa shape index (κ3) is 6.75. The van der Waals surface area contributed by atoms with Crippen LogP contribution in [-0.2, 0) is 11.2 Å². The van der Waals surface area contributed by atoms with Crippen molar-refractivity contribution in [3.8, 4) is 0 Å². The highest BCUT2D eigenvalue weighted by Crippen LogP contribution is 2.20. The standard InChI is InChI=1S/C22H16Cl2FN3O2S/c23-15-6-4-13(5-7-15)10-20(29)28-22(31)27-16-3-1-2-14(11-16)21(30)26-17-8-9-19(25)18(24)12-17/h1-9,11-12H,10H2,(H,26,30)(H2,27,28,29,31). The summed E-state index contributed by atoms with van der Waals surface area (Å²) in [5.41, 5.74) is 2.01. The number of rotatable bonds is 5. The van der Waals surface area contributed by atoms with Gasteiger partial charge in [0.05, 0.1) is 11.4 Å². The van der Waals surface area contributed by atoms with E-state index in [0.29, 0.717) is 22.0 Å². The summed E-state index contributed by atoms with van der Waals surface area (Å²) in [6.07, 6.45) is 0.141. The number of benzene rings is 3. The average Bonchev–Trinajstić information content (AvgIpc) is 2.72. The molecule has 3 aromatic carbocycles. The summed E-state index contributed by atoms with van der Waals surface area (Å²) in [4.78, 5) is 24.6. The molecule has 158 valence electrons. The fraction of sp³-hybridized carbons (Fsp3) is 0.0455. The molecule has 3 rings (SSSR count). The van der Waals surface area contributed by atoms with Crippen LogP contribution >= 0.6 is 35.4 Å². The predicted molar refractivity (Wildman–Crippen MR) is 125 cm³/mol. The van der Waals surface area contributed by atoms with Gasteiger partial charge in [-0.1, -0.05) is 41.4 Å². The van der Waals surface area contributed by atoms with E-state index in [1.165, 1.54) is 18.2 Å². The summed E-state index contributed by atoms with van der Waals surface area (Å²) in [6.45, 7) is 0. The van der Waals surface area contributed by atoms with Crippen molar-refractivity contribution in [2.45, 2.75) is 6.42 Å². The molecule has 9 heteroatoms. The molecule has 0 atom stereocenters. The molecule has 0 fully saturated rings. The lowest BCUT2D eigenvalue weighted by Gasteiger charge is -2.11. The van der Waals surface area contributed by atoms with Crippen LogP contribution in [0.2, 0.25) is 10.0 Å². The highest BCUT2D eigenvalue weighted by molar-refractivity contribution is 7.80. The van der Waals surface area contributed by atoms with Gasteiger partial charge in [0.2, 0.25) is 5.91 Å². The zero-order valence-corrected chi connectivity index (χ0v) is 18.2. The van der Waals surface area contributed by atoms with E-state index in [2.05, 4.69) is 16.0 Å². The Morgan fingerprint density at radius 3 is 2.32 bits per heavy atom. The van der Waals surface area contributed by atoms with Gasteiger partial charge in [-0.3, -0.25) is 9.59 Å². The number of halogens is 3. The molecule has 0 aliphatic rings. The van der Waals surface area contributed by atoms with Crippen LogP contribution in [0, 0.1) is 5.82 Å². The molecule has 0 spiro atoms. The molecule has 0 aromatic heterocycles. The summed E-state index contributed by atoms with van der Waals surface area (Å²) in [7, 11) is 0. The monoisotopic (exact) mass is 475 g/mol. The molecular weight excluding hydrogens is 460 g/mol. The molecule has 0 bridgehead atoms. The molecule has 5 nitrogen and oxygen atoms in total. The summed E-state index contributed by atoms with van der Waals surface area (Å²) < 4.78 is 13.3. The smallest absolute Gasteiger partial charge is 0.255 e. The Hall–Kier alpha value is -3.00. The molecule has 0 unspecified atom stereocenters. The third-order valence-corrected chi connectivity index (χ3v) is 4.84. The molecule has 3 aromatic rings. The van der Waals surface area contributed by atoms with Gasteiger partial charge in [0.25, 0.3) is 5.91 Å². The fourth-order valence-corrected chi connectivity index (χ4v) is 3.17. The van der Waals surface area contributed by atoms with E-state index in [4.69, 9.17) is 35.4 Å². The summed E-state index contributed by atoms with van der Waals surface area (Å²) >= 11 is 16.7. The molecule has 0 aliphatic heterocycles. The average molecular weight is 476 g/mol. The van der Waals surface area contributed by atoms with Crippen LogP contribution in [-0.4, -0.2) is 16.9 Å². The first kappa shape index (κ1) is 22.7. The van der Waals surface area contributed by atoms with Gasteiger partial charge in [0.15, 0.2) is 5.11 Å². The predicted octanol–water partition coefficient (Wildman–Crippen LogP) is 5.44. The number of anilines is 2. The van der Waals surface area contributed by atoms with Gasteiger partial charge in [0, 0.05) is 22.0 Å². The van der Waals surface area contributed by atoms with Crippen molar-refractivity contribution in [3.05, 3.63) is 93.7 Å². The van der Waals surface area contributed by atoms with Crippen LogP contribution in [0.25, 0.3) is 0 Å². The lowest BCUT2D eigenvalue weighted by molar-refractivity contribution is -0.119. The van der Waals surface area contributed by atoms with E-state index >= 15 is 0 Å². The Balaban J connectivity index is 1.58. The van der Waals surface area contributed by atoms with E-state index in [1.807, 2.05) is 0 Å². The Morgan fingerprint density at radius 2 is 1.61 bits per heavy atom. The minimum absolute atomic E-state index is 0.0899. The zero-order valence-electron chi connectivity index (χ0n) is 15.9. The third-order valence-electron chi connectivity index (χ3n) is 4.09. The van der Waals surface area contributed by atoms with Crippen molar-refractivity contribution < 1.29 is 14.0 Å². The first-order chi connectivity index (χ1) is 14.8. The maximum absolute atomic E-state index is 13.3. The zero-order chi connectivity index (χ0) is 22.4. The number of amides is 2. The van der Waals surface area contributed by atoms with Crippen molar-refractivity contribution in [1.29, 1.82) is 0 Å². The van der Waals surface area contributed by atoms with Crippen LogP contribution in [0.3, 0.4) is 0 Å². The highest BCUT2D eigenvalue weighted by Gasteiger charge is 2.10. The summed E-state index contributed by atoms with van der Waals surface area (Å²) in [5, 5.41) is 8.70. The molecule has 0 aliphatic carbocycles. The minimum atomic E-state index is -0.572. The molecule has 0 radical (unpaired) electrons. The number of carbonyl (C=O) groups is 2. The topological polar surface area (TPSA) is 70.2 Å². The molecule has 2 amide bonds. The van der Waals surface area contributed by atoms with Crippen LogP contribution in [0.4, 0.5) is 15.8 Å². The van der Waals surface area contributed by atoms with E-state index in [1.54, 1.807) is 48.5 Å². The molecule has 0 saturated heterocycles. The van der Waals surface area contributed by atoms with Gasteiger partial charge in [0.1, 0.15) is 5.82 Å². The Morgan fingerprint density at radius 1 is 0.903 bits per heavy atom.